The molecule has 0 atom stereocenters. The molecule has 2 N–H and O–H groups in total. The molecule has 2 aliphatic heterocycles. The van der Waals surface area contributed by atoms with Gasteiger partial charge in [-0.3, -0.25) is 19.8 Å². The lowest BCUT2D eigenvalue weighted by Crippen LogP contribution is -2.38. The maximum absolute atomic E-state index is 13.0. The van der Waals surface area contributed by atoms with Crippen LogP contribution in [0.25, 0.3) is 11.1 Å². The Morgan fingerprint density at radius 2 is 1.58 bits per heavy atom. The van der Waals surface area contributed by atoms with Crippen molar-refractivity contribution in [3.8, 4) is 28.4 Å². The van der Waals surface area contributed by atoms with Gasteiger partial charge in [0.1, 0.15) is 6.61 Å². The first-order valence-electron chi connectivity index (χ1n) is 12.2. The summed E-state index contributed by atoms with van der Waals surface area (Å²) in [6.07, 6.45) is 0. The highest BCUT2D eigenvalue weighted by Crippen LogP contribution is 2.42. The molecule has 38 heavy (non-hydrogen) atoms. The van der Waals surface area contributed by atoms with Crippen LogP contribution in [0.1, 0.15) is 10.4 Å². The van der Waals surface area contributed by atoms with E-state index < -0.39 is 4.92 Å². The second-order valence-corrected chi connectivity index (χ2v) is 8.83. The van der Waals surface area contributed by atoms with E-state index in [4.69, 9.17) is 18.9 Å². The number of anilines is 3. The molecule has 198 valence electrons. The van der Waals surface area contributed by atoms with E-state index in [0.717, 1.165) is 38.4 Å². The Morgan fingerprint density at radius 1 is 0.895 bits per heavy atom. The summed E-state index contributed by atoms with van der Waals surface area (Å²) in [7, 11) is 2.95. The highest BCUT2D eigenvalue weighted by Gasteiger charge is 2.23. The number of benzene rings is 3. The van der Waals surface area contributed by atoms with Gasteiger partial charge < -0.3 is 29.6 Å². The van der Waals surface area contributed by atoms with Gasteiger partial charge in [-0.15, -0.1) is 0 Å². The molecule has 1 amide bonds. The topological polar surface area (TPSA) is 124 Å². The van der Waals surface area contributed by atoms with Gasteiger partial charge in [-0.05, 0) is 35.4 Å². The Bertz CT molecular complexity index is 1370. The van der Waals surface area contributed by atoms with Gasteiger partial charge in [-0.2, -0.15) is 0 Å². The Balaban J connectivity index is 1.42. The molecule has 3 aromatic rings. The summed E-state index contributed by atoms with van der Waals surface area (Å²) in [6.45, 7) is 4.43. The molecule has 2 heterocycles. The number of amides is 1. The molecule has 0 bridgehead atoms. The summed E-state index contributed by atoms with van der Waals surface area (Å²) in [5, 5.41) is 17.6. The fourth-order valence-electron chi connectivity index (χ4n) is 4.52. The zero-order valence-corrected chi connectivity index (χ0v) is 21.1. The monoisotopic (exact) mass is 520 g/mol. The Hall–Kier alpha value is -4.35. The molecule has 3 aromatic carbocycles. The first-order chi connectivity index (χ1) is 18.5. The summed E-state index contributed by atoms with van der Waals surface area (Å²) in [4.78, 5) is 26.1. The minimum Gasteiger partial charge on any atom is -0.493 e. The third kappa shape index (κ3) is 5.20. The standard InChI is InChI=1S/C27H28N4O7/c1-35-24-14-18(4-6-23(24)31(33)34)17-3-5-19-20(13-17)28-21-16-26(25(36-2)15-22(21)29-27(19)32)38-12-9-30-7-10-37-11-8-30/h3-6,13-16,28H,7-12H2,1-2H3,(H,29,32). The fraction of sp³-hybridized carbons (Fsp3) is 0.296. The number of nitrogens with one attached hydrogen (secondary N) is 2. The quantitative estimate of drug-likeness (QED) is 0.330. The Morgan fingerprint density at radius 3 is 2.32 bits per heavy atom. The summed E-state index contributed by atoms with van der Waals surface area (Å²) < 4.78 is 22.2. The molecule has 0 aliphatic carbocycles. The molecular weight excluding hydrogens is 492 g/mol. The number of fused-ring (bicyclic) bond motifs is 2. The first-order valence-corrected chi connectivity index (χ1v) is 12.2. The van der Waals surface area contributed by atoms with Gasteiger partial charge in [-0.1, -0.05) is 6.07 Å². The van der Waals surface area contributed by atoms with Crippen LogP contribution in [0.5, 0.6) is 17.2 Å². The first kappa shape index (κ1) is 25.3. The van der Waals surface area contributed by atoms with Crippen LogP contribution in [0, 0.1) is 10.1 Å². The van der Waals surface area contributed by atoms with Crippen LogP contribution in [-0.4, -0.2) is 69.4 Å². The average Bonchev–Trinajstić information content (AvgIpc) is 3.07. The molecule has 11 heteroatoms. The maximum atomic E-state index is 13.0. The van der Waals surface area contributed by atoms with Crippen molar-refractivity contribution in [1.82, 2.24) is 4.90 Å². The number of ether oxygens (including phenoxy) is 4. The van der Waals surface area contributed by atoms with E-state index in [-0.39, 0.29) is 17.3 Å². The van der Waals surface area contributed by atoms with E-state index >= 15 is 0 Å². The van der Waals surface area contributed by atoms with Gasteiger partial charge >= 0.3 is 5.69 Å². The van der Waals surface area contributed by atoms with Crippen molar-refractivity contribution in [3.63, 3.8) is 0 Å². The van der Waals surface area contributed by atoms with E-state index in [1.54, 1.807) is 37.4 Å². The number of methoxy groups -OCH3 is 2. The number of hydrogen-bond donors (Lipinski definition) is 2. The molecule has 1 saturated heterocycles. The number of rotatable bonds is 8. The molecule has 1 fully saturated rings. The minimum atomic E-state index is -0.489. The van der Waals surface area contributed by atoms with Crippen LogP contribution in [0.2, 0.25) is 0 Å². The smallest absolute Gasteiger partial charge is 0.310 e. The molecule has 5 rings (SSSR count). The van der Waals surface area contributed by atoms with Crippen LogP contribution in [0.4, 0.5) is 22.7 Å². The van der Waals surface area contributed by atoms with E-state index in [2.05, 4.69) is 15.5 Å². The zero-order chi connectivity index (χ0) is 26.6. The number of nitro groups is 1. The van der Waals surface area contributed by atoms with Crippen molar-refractivity contribution in [2.75, 3.05) is 64.3 Å². The molecule has 0 spiro atoms. The fourth-order valence-corrected chi connectivity index (χ4v) is 4.52. The predicted octanol–water partition coefficient (Wildman–Crippen LogP) is 4.30. The third-order valence-corrected chi connectivity index (χ3v) is 6.56. The second kappa shape index (κ2) is 11.0. The van der Waals surface area contributed by atoms with Crippen molar-refractivity contribution in [2.45, 2.75) is 0 Å². The van der Waals surface area contributed by atoms with Crippen LogP contribution < -0.4 is 24.8 Å². The number of nitro benzene ring substituents is 1. The zero-order valence-electron chi connectivity index (χ0n) is 21.1. The van der Waals surface area contributed by atoms with Crippen LogP contribution >= 0.6 is 0 Å². The SMILES string of the molecule is COc1cc2c(cc1OCCN1CCOCC1)Nc1cc(-c3ccc([N+](=O)[O-])c(OC)c3)ccc1C(=O)N2. The van der Waals surface area contributed by atoms with Crippen molar-refractivity contribution in [2.24, 2.45) is 0 Å². The molecular formula is C27H28N4O7. The number of nitrogens with zero attached hydrogens (tertiary/aromatic N) is 2. The number of carbonyl (C=O) groups excluding carboxylic acids is 1. The van der Waals surface area contributed by atoms with E-state index in [9.17, 15) is 14.9 Å². The van der Waals surface area contributed by atoms with Crippen LogP contribution in [-0.2, 0) is 4.74 Å². The van der Waals surface area contributed by atoms with Gasteiger partial charge in [0.2, 0.25) is 0 Å². The molecule has 0 aromatic heterocycles. The molecule has 0 unspecified atom stereocenters. The van der Waals surface area contributed by atoms with Crippen molar-refractivity contribution >= 4 is 28.7 Å². The minimum absolute atomic E-state index is 0.118. The van der Waals surface area contributed by atoms with E-state index in [0.29, 0.717) is 46.3 Å². The summed E-state index contributed by atoms with van der Waals surface area (Å²) >= 11 is 0. The van der Waals surface area contributed by atoms with Crippen molar-refractivity contribution in [3.05, 3.63) is 64.2 Å². The second-order valence-electron chi connectivity index (χ2n) is 8.83. The van der Waals surface area contributed by atoms with Gasteiger partial charge in [-0.25, -0.2) is 0 Å². The van der Waals surface area contributed by atoms with Crippen LogP contribution in [0.15, 0.2) is 48.5 Å². The number of hydrogen-bond acceptors (Lipinski definition) is 9. The number of morpholine rings is 1. The highest BCUT2D eigenvalue weighted by atomic mass is 16.6. The van der Waals surface area contributed by atoms with Gasteiger partial charge in [0.25, 0.3) is 5.91 Å². The molecule has 11 nitrogen and oxygen atoms in total. The lowest BCUT2D eigenvalue weighted by molar-refractivity contribution is -0.385. The normalized spacial score (nSPS) is 14.8. The molecule has 0 radical (unpaired) electrons. The Kier molecular flexibility index (Phi) is 7.29. The molecule has 0 saturated carbocycles. The van der Waals surface area contributed by atoms with E-state index in [1.165, 1.54) is 13.2 Å². The van der Waals surface area contributed by atoms with Gasteiger partial charge in [0, 0.05) is 37.8 Å². The predicted molar refractivity (Wildman–Crippen MR) is 142 cm³/mol. The van der Waals surface area contributed by atoms with Gasteiger partial charge in [0.15, 0.2) is 17.2 Å². The summed E-state index contributed by atoms with van der Waals surface area (Å²) in [5.41, 5.74) is 3.60. The lowest BCUT2D eigenvalue weighted by atomic mass is 10.0. The number of carbonyl (C=O) groups is 1. The maximum Gasteiger partial charge on any atom is 0.310 e. The van der Waals surface area contributed by atoms with Crippen molar-refractivity contribution in [1.29, 1.82) is 0 Å². The third-order valence-electron chi connectivity index (χ3n) is 6.56. The Labute approximate surface area is 219 Å². The van der Waals surface area contributed by atoms with Gasteiger partial charge in [0.05, 0.1) is 55.0 Å². The summed E-state index contributed by atoms with van der Waals surface area (Å²) in [6, 6.07) is 13.5. The average molecular weight is 521 g/mol. The highest BCUT2D eigenvalue weighted by molar-refractivity contribution is 6.12. The van der Waals surface area contributed by atoms with E-state index in [1.807, 2.05) is 12.1 Å². The van der Waals surface area contributed by atoms with Crippen molar-refractivity contribution < 1.29 is 28.7 Å². The largest absolute Gasteiger partial charge is 0.493 e. The lowest BCUT2D eigenvalue weighted by Gasteiger charge is -2.26. The summed E-state index contributed by atoms with van der Waals surface area (Å²) in [5.74, 6) is 0.949. The molecule has 2 aliphatic rings. The van der Waals surface area contributed by atoms with Crippen LogP contribution in [0.3, 0.4) is 0 Å².